The van der Waals surface area contributed by atoms with E-state index in [0.29, 0.717) is 19.1 Å². The van der Waals surface area contributed by atoms with Crippen molar-refractivity contribution >= 4 is 15.9 Å². The number of rotatable bonds is 7. The molecular weight excluding hydrogens is 294 g/mol. The molecule has 1 aromatic rings. The first-order valence-corrected chi connectivity index (χ1v) is 8.36. The lowest BCUT2D eigenvalue weighted by Crippen LogP contribution is -2.31. The Kier molecular flexibility index (Phi) is 4.70. The van der Waals surface area contributed by atoms with E-state index in [1.807, 2.05) is 0 Å². The minimum Gasteiger partial charge on any atom is -0.379 e. The van der Waals surface area contributed by atoms with Gasteiger partial charge in [-0.3, -0.25) is 4.79 Å². The Morgan fingerprint density at radius 1 is 1.52 bits per heavy atom. The van der Waals surface area contributed by atoms with Gasteiger partial charge in [-0.25, -0.2) is 13.6 Å². The predicted octanol–water partition coefficient (Wildman–Crippen LogP) is 0.171. The standard InChI is InChI=1S/C13H21N3O4S/c1-15(5-6-20-9-10-3-4-10)13(17)12-7-11(8-16(12)2)21(14,18)19/h7-8,10H,3-6,9H2,1-2H3,(H2,14,18,19). The molecule has 0 bridgehead atoms. The molecule has 7 nitrogen and oxygen atoms in total. The Bertz CT molecular complexity index is 619. The zero-order chi connectivity index (χ0) is 15.6. The predicted molar refractivity (Wildman–Crippen MR) is 77.3 cm³/mol. The number of hydrogen-bond donors (Lipinski definition) is 1. The van der Waals surface area contributed by atoms with E-state index in [9.17, 15) is 13.2 Å². The minimum absolute atomic E-state index is 0.0632. The first-order valence-electron chi connectivity index (χ1n) is 6.81. The van der Waals surface area contributed by atoms with E-state index >= 15 is 0 Å². The number of nitrogens with zero attached hydrogens (tertiary/aromatic N) is 2. The van der Waals surface area contributed by atoms with Crippen LogP contribution in [0.25, 0.3) is 0 Å². The molecule has 0 spiro atoms. The van der Waals surface area contributed by atoms with Gasteiger partial charge in [-0.1, -0.05) is 0 Å². The second-order valence-electron chi connectivity index (χ2n) is 5.46. The molecule has 1 heterocycles. The van der Waals surface area contributed by atoms with Crippen molar-refractivity contribution in [1.82, 2.24) is 9.47 Å². The third-order valence-electron chi connectivity index (χ3n) is 3.50. The van der Waals surface area contributed by atoms with Gasteiger partial charge in [-0.2, -0.15) is 0 Å². The molecule has 118 valence electrons. The molecule has 8 heteroatoms. The van der Waals surface area contributed by atoms with Crippen molar-refractivity contribution in [3.8, 4) is 0 Å². The summed E-state index contributed by atoms with van der Waals surface area (Å²) in [6.07, 6.45) is 3.79. The molecule has 1 amide bonds. The molecule has 1 fully saturated rings. The third-order valence-corrected chi connectivity index (χ3v) is 4.38. The van der Waals surface area contributed by atoms with E-state index in [0.717, 1.165) is 6.61 Å². The fourth-order valence-electron chi connectivity index (χ4n) is 1.94. The van der Waals surface area contributed by atoms with E-state index in [2.05, 4.69) is 0 Å². The maximum Gasteiger partial charge on any atom is 0.270 e. The Hall–Kier alpha value is -1.38. The molecule has 1 aliphatic carbocycles. The summed E-state index contributed by atoms with van der Waals surface area (Å²) in [5.41, 5.74) is 0.281. The zero-order valence-corrected chi connectivity index (χ0v) is 13.1. The molecule has 0 aliphatic heterocycles. The van der Waals surface area contributed by atoms with Crippen molar-refractivity contribution in [2.24, 2.45) is 18.1 Å². The highest BCUT2D eigenvalue weighted by Crippen LogP contribution is 2.28. The molecule has 0 radical (unpaired) electrons. The van der Waals surface area contributed by atoms with Crippen LogP contribution < -0.4 is 5.14 Å². The van der Waals surface area contributed by atoms with Crippen LogP contribution in [-0.4, -0.2) is 50.6 Å². The van der Waals surface area contributed by atoms with E-state index in [1.54, 1.807) is 14.1 Å². The van der Waals surface area contributed by atoms with E-state index < -0.39 is 10.0 Å². The number of likely N-dealkylation sites (N-methyl/N-ethyl adjacent to an activating group) is 1. The highest BCUT2D eigenvalue weighted by Gasteiger charge is 2.22. The van der Waals surface area contributed by atoms with E-state index in [4.69, 9.17) is 9.88 Å². The second-order valence-corrected chi connectivity index (χ2v) is 7.02. The SMILES string of the molecule is CN(CCOCC1CC1)C(=O)c1cc(S(N)(=O)=O)cn1C. The third kappa shape index (κ3) is 4.29. The summed E-state index contributed by atoms with van der Waals surface area (Å²) in [4.78, 5) is 13.7. The number of nitrogens with two attached hydrogens (primary N) is 1. The first kappa shape index (κ1) is 16.0. The van der Waals surface area contributed by atoms with Gasteiger partial charge in [-0.05, 0) is 24.8 Å². The Labute approximate surface area is 124 Å². The van der Waals surface area contributed by atoms with Crippen LogP contribution in [0.5, 0.6) is 0 Å². The van der Waals surface area contributed by atoms with Crippen molar-refractivity contribution in [3.05, 3.63) is 18.0 Å². The van der Waals surface area contributed by atoms with Crippen LogP contribution in [0.1, 0.15) is 23.3 Å². The number of ether oxygens (including phenoxy) is 1. The van der Waals surface area contributed by atoms with Crippen molar-refractivity contribution in [2.45, 2.75) is 17.7 Å². The summed E-state index contributed by atoms with van der Waals surface area (Å²) in [6.45, 7) is 1.69. The van der Waals surface area contributed by atoms with Crippen LogP contribution in [0, 0.1) is 5.92 Å². The average molecular weight is 315 g/mol. The number of carbonyl (C=O) groups is 1. The average Bonchev–Trinajstić information content (AvgIpc) is 3.13. The summed E-state index contributed by atoms with van der Waals surface area (Å²) in [5, 5.41) is 5.06. The molecule has 2 rings (SSSR count). The maximum absolute atomic E-state index is 12.3. The number of carbonyl (C=O) groups excluding carboxylic acids is 1. The quantitative estimate of drug-likeness (QED) is 0.726. The summed E-state index contributed by atoms with van der Waals surface area (Å²) < 4.78 is 29.5. The fourth-order valence-corrected chi connectivity index (χ4v) is 2.52. The summed E-state index contributed by atoms with van der Waals surface area (Å²) >= 11 is 0. The molecule has 0 unspecified atom stereocenters. The lowest BCUT2D eigenvalue weighted by molar-refractivity contribution is 0.0673. The van der Waals surface area contributed by atoms with Crippen molar-refractivity contribution in [2.75, 3.05) is 26.8 Å². The number of sulfonamides is 1. The summed E-state index contributed by atoms with van der Waals surface area (Å²) in [6, 6.07) is 1.29. The topological polar surface area (TPSA) is 94.6 Å². The van der Waals surface area contributed by atoms with Crippen molar-refractivity contribution in [3.63, 3.8) is 0 Å². The van der Waals surface area contributed by atoms with Gasteiger partial charge in [0, 0.05) is 33.4 Å². The number of primary sulfonamides is 1. The van der Waals surface area contributed by atoms with Crippen LogP contribution in [0.3, 0.4) is 0 Å². The van der Waals surface area contributed by atoms with Crippen molar-refractivity contribution < 1.29 is 17.9 Å². The molecule has 0 aromatic carbocycles. The van der Waals surface area contributed by atoms with Crippen LogP contribution in [0.4, 0.5) is 0 Å². The highest BCUT2D eigenvalue weighted by molar-refractivity contribution is 7.89. The van der Waals surface area contributed by atoms with Gasteiger partial charge in [0.05, 0.1) is 6.61 Å². The maximum atomic E-state index is 12.3. The lowest BCUT2D eigenvalue weighted by atomic mass is 10.3. The van der Waals surface area contributed by atoms with Crippen LogP contribution >= 0.6 is 0 Å². The highest BCUT2D eigenvalue weighted by atomic mass is 32.2. The number of hydrogen-bond acceptors (Lipinski definition) is 4. The largest absolute Gasteiger partial charge is 0.379 e. The molecular formula is C13H21N3O4S. The fraction of sp³-hybridized carbons (Fsp3) is 0.615. The first-order chi connectivity index (χ1) is 9.79. The Morgan fingerprint density at radius 2 is 2.19 bits per heavy atom. The van der Waals surface area contributed by atoms with Gasteiger partial charge in [0.25, 0.3) is 5.91 Å². The molecule has 1 saturated carbocycles. The molecule has 0 atom stereocenters. The van der Waals surface area contributed by atoms with Crippen LogP contribution in [-0.2, 0) is 21.8 Å². The Balaban J connectivity index is 1.93. The van der Waals surface area contributed by atoms with Crippen LogP contribution in [0.2, 0.25) is 0 Å². The molecule has 0 saturated heterocycles. The molecule has 1 aromatic heterocycles. The van der Waals surface area contributed by atoms with Gasteiger partial charge in [0.15, 0.2) is 0 Å². The smallest absolute Gasteiger partial charge is 0.270 e. The van der Waals surface area contributed by atoms with Gasteiger partial charge in [0.2, 0.25) is 10.0 Å². The van der Waals surface area contributed by atoms with Gasteiger partial charge >= 0.3 is 0 Å². The number of aromatic nitrogens is 1. The lowest BCUT2D eigenvalue weighted by Gasteiger charge is -2.17. The normalized spacial score (nSPS) is 15.2. The van der Waals surface area contributed by atoms with Crippen LogP contribution in [0.15, 0.2) is 17.2 Å². The molecule has 1 aliphatic rings. The molecule has 21 heavy (non-hydrogen) atoms. The summed E-state index contributed by atoms with van der Waals surface area (Å²) in [5.74, 6) is 0.429. The monoisotopic (exact) mass is 315 g/mol. The van der Waals surface area contributed by atoms with Gasteiger partial charge < -0.3 is 14.2 Å². The van der Waals surface area contributed by atoms with E-state index in [-0.39, 0.29) is 16.5 Å². The second kappa shape index (κ2) is 6.17. The number of aryl methyl sites for hydroxylation is 1. The van der Waals surface area contributed by atoms with Gasteiger partial charge in [0.1, 0.15) is 10.6 Å². The Morgan fingerprint density at radius 3 is 2.71 bits per heavy atom. The molecule has 2 N–H and O–H groups in total. The van der Waals surface area contributed by atoms with E-state index in [1.165, 1.54) is 34.6 Å². The zero-order valence-electron chi connectivity index (χ0n) is 12.3. The number of amides is 1. The van der Waals surface area contributed by atoms with Gasteiger partial charge in [-0.15, -0.1) is 0 Å². The minimum atomic E-state index is -3.80. The summed E-state index contributed by atoms with van der Waals surface area (Å²) in [7, 11) is -0.534. The van der Waals surface area contributed by atoms with Crippen molar-refractivity contribution in [1.29, 1.82) is 0 Å².